The summed E-state index contributed by atoms with van der Waals surface area (Å²) in [5, 5.41) is 4.51. The maximum atomic E-state index is 13.5. The third kappa shape index (κ3) is 2.61. The van der Waals surface area contributed by atoms with Crippen molar-refractivity contribution in [1.29, 1.82) is 0 Å². The molecular weight excluding hydrogens is 245 g/mol. The molecule has 0 spiro atoms. The Morgan fingerprint density at radius 2 is 2.19 bits per heavy atom. The van der Waals surface area contributed by atoms with Gasteiger partial charge in [0.1, 0.15) is 5.82 Å². The zero-order valence-electron chi connectivity index (χ0n) is 8.49. The van der Waals surface area contributed by atoms with Crippen molar-refractivity contribution in [1.82, 2.24) is 0 Å². The number of halogens is 2. The highest BCUT2D eigenvalue weighted by Gasteiger charge is 2.12. The molecule has 16 heavy (non-hydrogen) atoms. The van der Waals surface area contributed by atoms with Crippen LogP contribution in [0, 0.1) is 5.82 Å². The van der Waals surface area contributed by atoms with Gasteiger partial charge in [0.2, 0.25) is 0 Å². The minimum absolute atomic E-state index is 0.299. The fraction of sp³-hybridized carbons (Fsp3) is 0.167. The number of rotatable bonds is 3. The highest BCUT2D eigenvalue weighted by atomic mass is 35.5. The Hall–Kier alpha value is -0.900. The first-order chi connectivity index (χ1) is 7.66. The van der Waals surface area contributed by atoms with Crippen molar-refractivity contribution in [3.05, 3.63) is 57.0 Å². The largest absolute Gasteiger partial charge is 0.324 e. The van der Waals surface area contributed by atoms with Crippen molar-refractivity contribution >= 4 is 22.9 Å². The summed E-state index contributed by atoms with van der Waals surface area (Å²) in [5.41, 5.74) is 7.56. The molecule has 0 bridgehead atoms. The van der Waals surface area contributed by atoms with Crippen molar-refractivity contribution < 1.29 is 4.39 Å². The number of hydrogen-bond acceptors (Lipinski definition) is 2. The monoisotopic (exact) mass is 255 g/mol. The summed E-state index contributed by atoms with van der Waals surface area (Å²) in [6.07, 6.45) is 0.626. The van der Waals surface area contributed by atoms with Crippen LogP contribution in [0.25, 0.3) is 0 Å². The van der Waals surface area contributed by atoms with Crippen LogP contribution in [-0.4, -0.2) is 0 Å². The van der Waals surface area contributed by atoms with Crippen molar-refractivity contribution in [2.24, 2.45) is 5.73 Å². The molecule has 0 saturated carbocycles. The van der Waals surface area contributed by atoms with Crippen LogP contribution < -0.4 is 5.73 Å². The van der Waals surface area contributed by atoms with E-state index < -0.39 is 0 Å². The second-order valence-electron chi connectivity index (χ2n) is 3.61. The van der Waals surface area contributed by atoms with Gasteiger partial charge in [0.15, 0.2) is 0 Å². The molecule has 84 valence electrons. The van der Waals surface area contributed by atoms with E-state index in [4.69, 9.17) is 17.3 Å². The smallest absolute Gasteiger partial charge is 0.128 e. The molecule has 0 aliphatic heterocycles. The van der Waals surface area contributed by atoms with Crippen molar-refractivity contribution in [3.8, 4) is 0 Å². The van der Waals surface area contributed by atoms with Crippen molar-refractivity contribution in [2.45, 2.75) is 12.5 Å². The summed E-state index contributed by atoms with van der Waals surface area (Å²) in [7, 11) is 0. The van der Waals surface area contributed by atoms with Crippen LogP contribution in [0.3, 0.4) is 0 Å². The third-order valence-corrected chi connectivity index (χ3v) is 3.36. The Balaban J connectivity index is 2.20. The van der Waals surface area contributed by atoms with Crippen LogP contribution in [0.15, 0.2) is 35.0 Å². The van der Waals surface area contributed by atoms with Crippen LogP contribution in [0.1, 0.15) is 17.2 Å². The van der Waals surface area contributed by atoms with Gasteiger partial charge in [0, 0.05) is 16.6 Å². The SMILES string of the molecule is NC(Cc1ccsc1)c1cc(Cl)ccc1F. The van der Waals surface area contributed by atoms with E-state index in [-0.39, 0.29) is 11.9 Å². The van der Waals surface area contributed by atoms with Crippen molar-refractivity contribution in [3.63, 3.8) is 0 Å². The highest BCUT2D eigenvalue weighted by molar-refractivity contribution is 7.07. The van der Waals surface area contributed by atoms with Gasteiger partial charge in [-0.05, 0) is 47.0 Å². The van der Waals surface area contributed by atoms with E-state index >= 15 is 0 Å². The molecule has 1 nitrogen and oxygen atoms in total. The van der Waals surface area contributed by atoms with E-state index in [1.165, 1.54) is 12.1 Å². The molecule has 0 fully saturated rings. The van der Waals surface area contributed by atoms with E-state index in [1.807, 2.05) is 16.8 Å². The molecule has 2 N–H and O–H groups in total. The van der Waals surface area contributed by atoms with E-state index in [0.29, 0.717) is 17.0 Å². The fourth-order valence-corrected chi connectivity index (χ4v) is 2.43. The number of nitrogens with two attached hydrogens (primary N) is 1. The summed E-state index contributed by atoms with van der Waals surface area (Å²) < 4.78 is 13.5. The van der Waals surface area contributed by atoms with Gasteiger partial charge in [-0.15, -0.1) is 0 Å². The molecule has 0 amide bonds. The van der Waals surface area contributed by atoms with E-state index in [0.717, 1.165) is 5.56 Å². The Bertz CT molecular complexity index is 470. The molecule has 1 unspecified atom stereocenters. The average molecular weight is 256 g/mol. The first-order valence-corrected chi connectivity index (χ1v) is 6.20. The third-order valence-electron chi connectivity index (χ3n) is 2.39. The molecule has 1 heterocycles. The van der Waals surface area contributed by atoms with Crippen LogP contribution in [-0.2, 0) is 6.42 Å². The number of hydrogen-bond donors (Lipinski definition) is 1. The second kappa shape index (κ2) is 4.95. The zero-order chi connectivity index (χ0) is 11.5. The van der Waals surface area contributed by atoms with Crippen LogP contribution in [0.2, 0.25) is 5.02 Å². The zero-order valence-corrected chi connectivity index (χ0v) is 10.1. The highest BCUT2D eigenvalue weighted by Crippen LogP contribution is 2.23. The number of benzene rings is 1. The van der Waals surface area contributed by atoms with Gasteiger partial charge in [-0.25, -0.2) is 4.39 Å². The van der Waals surface area contributed by atoms with Crippen LogP contribution in [0.5, 0.6) is 0 Å². The second-order valence-corrected chi connectivity index (χ2v) is 4.82. The van der Waals surface area contributed by atoms with Gasteiger partial charge in [0.05, 0.1) is 0 Å². The lowest BCUT2D eigenvalue weighted by Crippen LogP contribution is -2.14. The minimum Gasteiger partial charge on any atom is -0.324 e. The first kappa shape index (κ1) is 11.6. The topological polar surface area (TPSA) is 26.0 Å². The fourth-order valence-electron chi connectivity index (χ4n) is 1.57. The molecule has 4 heteroatoms. The van der Waals surface area contributed by atoms with Gasteiger partial charge in [-0.1, -0.05) is 11.6 Å². The first-order valence-electron chi connectivity index (χ1n) is 4.88. The Morgan fingerprint density at radius 3 is 2.88 bits per heavy atom. The predicted octanol–water partition coefficient (Wildman–Crippen LogP) is 3.78. The Morgan fingerprint density at radius 1 is 1.38 bits per heavy atom. The molecule has 1 atom stereocenters. The molecular formula is C12H11ClFNS. The summed E-state index contributed by atoms with van der Waals surface area (Å²) in [6.45, 7) is 0. The average Bonchev–Trinajstić information content (AvgIpc) is 2.74. The van der Waals surface area contributed by atoms with E-state index in [9.17, 15) is 4.39 Å². The van der Waals surface area contributed by atoms with Crippen molar-refractivity contribution in [2.75, 3.05) is 0 Å². The minimum atomic E-state index is -0.353. The quantitative estimate of drug-likeness (QED) is 0.887. The Kier molecular flexibility index (Phi) is 3.59. The lowest BCUT2D eigenvalue weighted by atomic mass is 10.0. The molecule has 2 aromatic rings. The molecule has 0 aliphatic rings. The summed E-state index contributed by atoms with van der Waals surface area (Å²) in [6, 6.07) is 6.11. The number of thiophene rings is 1. The normalized spacial score (nSPS) is 12.7. The van der Waals surface area contributed by atoms with E-state index in [1.54, 1.807) is 17.4 Å². The van der Waals surface area contributed by atoms with Gasteiger partial charge >= 0.3 is 0 Å². The standard InChI is InChI=1S/C12H11ClFNS/c13-9-1-2-11(14)10(6-9)12(15)5-8-3-4-16-7-8/h1-4,6-7,12H,5,15H2. The molecule has 0 saturated heterocycles. The predicted molar refractivity (Wildman–Crippen MR) is 66.4 cm³/mol. The van der Waals surface area contributed by atoms with Gasteiger partial charge in [-0.2, -0.15) is 11.3 Å². The lowest BCUT2D eigenvalue weighted by Gasteiger charge is -2.12. The molecule has 0 radical (unpaired) electrons. The van der Waals surface area contributed by atoms with Crippen LogP contribution >= 0.6 is 22.9 Å². The maximum Gasteiger partial charge on any atom is 0.128 e. The molecule has 1 aromatic heterocycles. The van der Waals surface area contributed by atoms with Gasteiger partial charge in [-0.3, -0.25) is 0 Å². The maximum absolute atomic E-state index is 13.5. The summed E-state index contributed by atoms with van der Waals surface area (Å²) in [4.78, 5) is 0. The van der Waals surface area contributed by atoms with Crippen LogP contribution in [0.4, 0.5) is 4.39 Å². The summed E-state index contributed by atoms with van der Waals surface area (Å²) >= 11 is 7.43. The van der Waals surface area contributed by atoms with Gasteiger partial charge < -0.3 is 5.73 Å². The van der Waals surface area contributed by atoms with Gasteiger partial charge in [0.25, 0.3) is 0 Å². The molecule has 1 aromatic carbocycles. The Labute approximate surface area is 103 Å². The van der Waals surface area contributed by atoms with E-state index in [2.05, 4.69) is 0 Å². The molecule has 2 rings (SSSR count). The lowest BCUT2D eigenvalue weighted by molar-refractivity contribution is 0.580. The molecule has 0 aliphatic carbocycles. The summed E-state index contributed by atoms with van der Waals surface area (Å²) in [5.74, 6) is -0.299.